The molecule has 1 aliphatic heterocycles. The lowest BCUT2D eigenvalue weighted by Crippen LogP contribution is -2.47. The molecule has 82 valence electrons. The van der Waals surface area contributed by atoms with E-state index in [2.05, 4.69) is 10.3 Å². The standard InChI is InChI=1S/C12H12N2O2/c1-16-11(15)12(7-3-5-9-14-12)10-6-2-4-8-13-10/h2-9,14H,1H3. The first-order valence-electron chi connectivity index (χ1n) is 4.91. The number of hydrogen-bond donors (Lipinski definition) is 1. The van der Waals surface area contributed by atoms with E-state index in [1.165, 1.54) is 7.11 Å². The molecule has 0 aliphatic carbocycles. The summed E-state index contributed by atoms with van der Waals surface area (Å²) in [6.07, 6.45) is 8.69. The Labute approximate surface area is 93.6 Å². The fourth-order valence-corrected chi connectivity index (χ4v) is 1.63. The maximum atomic E-state index is 11.9. The molecule has 0 radical (unpaired) electrons. The van der Waals surface area contributed by atoms with Crippen LogP contribution in [-0.2, 0) is 15.1 Å². The Bertz CT molecular complexity index is 440. The molecule has 2 heterocycles. The highest BCUT2D eigenvalue weighted by atomic mass is 16.5. The average Bonchev–Trinajstić information content (AvgIpc) is 2.39. The Hall–Kier alpha value is -2.10. The van der Waals surface area contributed by atoms with E-state index in [-0.39, 0.29) is 5.97 Å². The predicted molar refractivity (Wildman–Crippen MR) is 59.3 cm³/mol. The summed E-state index contributed by atoms with van der Waals surface area (Å²) in [6, 6.07) is 5.42. The third kappa shape index (κ3) is 1.58. The van der Waals surface area contributed by atoms with Crippen molar-refractivity contribution in [3.05, 3.63) is 54.5 Å². The van der Waals surface area contributed by atoms with Crippen molar-refractivity contribution >= 4 is 5.97 Å². The minimum absolute atomic E-state index is 0.383. The topological polar surface area (TPSA) is 51.2 Å². The zero-order valence-electron chi connectivity index (χ0n) is 8.88. The number of rotatable bonds is 2. The zero-order valence-corrected chi connectivity index (χ0v) is 8.88. The number of allylic oxidation sites excluding steroid dienone is 2. The second-order valence-corrected chi connectivity index (χ2v) is 3.38. The van der Waals surface area contributed by atoms with E-state index in [4.69, 9.17) is 4.74 Å². The monoisotopic (exact) mass is 216 g/mol. The summed E-state index contributed by atoms with van der Waals surface area (Å²) in [4.78, 5) is 16.1. The molecule has 1 atom stereocenters. The molecule has 0 saturated heterocycles. The van der Waals surface area contributed by atoms with Crippen molar-refractivity contribution in [1.82, 2.24) is 10.3 Å². The van der Waals surface area contributed by atoms with Gasteiger partial charge in [-0.1, -0.05) is 12.1 Å². The molecular formula is C12H12N2O2. The first-order chi connectivity index (χ1) is 7.79. The summed E-state index contributed by atoms with van der Waals surface area (Å²) in [7, 11) is 1.36. The number of carbonyl (C=O) groups excluding carboxylic acids is 1. The van der Waals surface area contributed by atoms with E-state index in [0.717, 1.165) is 0 Å². The minimum atomic E-state index is -1.01. The highest BCUT2D eigenvalue weighted by Gasteiger charge is 2.40. The van der Waals surface area contributed by atoms with E-state index in [0.29, 0.717) is 5.69 Å². The van der Waals surface area contributed by atoms with E-state index in [9.17, 15) is 4.79 Å². The molecule has 1 aromatic heterocycles. The summed E-state index contributed by atoms with van der Waals surface area (Å²) in [5.74, 6) is -0.383. The number of nitrogens with zero attached hydrogens (tertiary/aromatic N) is 1. The van der Waals surface area contributed by atoms with Crippen LogP contribution in [-0.4, -0.2) is 18.1 Å². The SMILES string of the molecule is COC(=O)C1(c2ccccn2)C=CC=CN1. The lowest BCUT2D eigenvalue weighted by Gasteiger charge is -2.29. The largest absolute Gasteiger partial charge is 0.467 e. The molecule has 4 nitrogen and oxygen atoms in total. The van der Waals surface area contributed by atoms with Gasteiger partial charge >= 0.3 is 5.97 Å². The summed E-state index contributed by atoms with van der Waals surface area (Å²) in [6.45, 7) is 0. The molecule has 1 aliphatic rings. The maximum Gasteiger partial charge on any atom is 0.341 e. The van der Waals surface area contributed by atoms with Crippen molar-refractivity contribution < 1.29 is 9.53 Å². The normalized spacial score (nSPS) is 22.6. The van der Waals surface area contributed by atoms with Gasteiger partial charge in [0.15, 0.2) is 5.54 Å². The van der Waals surface area contributed by atoms with Gasteiger partial charge < -0.3 is 10.1 Å². The van der Waals surface area contributed by atoms with Crippen LogP contribution in [0.4, 0.5) is 0 Å². The second-order valence-electron chi connectivity index (χ2n) is 3.38. The second kappa shape index (κ2) is 4.18. The van der Waals surface area contributed by atoms with Crippen LogP contribution in [0, 0.1) is 0 Å². The van der Waals surface area contributed by atoms with Gasteiger partial charge in [-0.3, -0.25) is 4.98 Å². The van der Waals surface area contributed by atoms with Gasteiger partial charge in [-0.15, -0.1) is 0 Å². The molecule has 16 heavy (non-hydrogen) atoms. The molecule has 0 amide bonds. The average molecular weight is 216 g/mol. The number of nitrogens with one attached hydrogen (secondary N) is 1. The van der Waals surface area contributed by atoms with E-state index in [1.54, 1.807) is 36.7 Å². The highest BCUT2D eigenvalue weighted by molar-refractivity contribution is 5.85. The van der Waals surface area contributed by atoms with Crippen LogP contribution < -0.4 is 5.32 Å². The van der Waals surface area contributed by atoms with Crippen molar-refractivity contribution in [2.75, 3.05) is 7.11 Å². The summed E-state index contributed by atoms with van der Waals surface area (Å²) < 4.78 is 4.82. The summed E-state index contributed by atoms with van der Waals surface area (Å²) in [5, 5.41) is 3.00. The van der Waals surface area contributed by atoms with E-state index < -0.39 is 5.54 Å². The van der Waals surface area contributed by atoms with E-state index >= 15 is 0 Å². The van der Waals surface area contributed by atoms with Crippen molar-refractivity contribution in [2.45, 2.75) is 5.54 Å². The fraction of sp³-hybridized carbons (Fsp3) is 0.167. The van der Waals surface area contributed by atoms with Gasteiger partial charge in [-0.25, -0.2) is 4.79 Å². The Morgan fingerprint density at radius 1 is 1.44 bits per heavy atom. The Morgan fingerprint density at radius 2 is 2.31 bits per heavy atom. The Kier molecular flexibility index (Phi) is 2.72. The number of hydrogen-bond acceptors (Lipinski definition) is 4. The first-order valence-corrected chi connectivity index (χ1v) is 4.91. The summed E-state index contributed by atoms with van der Waals surface area (Å²) in [5.41, 5.74) is -0.396. The third-order valence-corrected chi connectivity index (χ3v) is 2.44. The van der Waals surface area contributed by atoms with Crippen LogP contribution in [0.3, 0.4) is 0 Å². The van der Waals surface area contributed by atoms with Crippen molar-refractivity contribution in [2.24, 2.45) is 0 Å². The number of pyridine rings is 1. The lowest BCUT2D eigenvalue weighted by molar-refractivity contribution is -0.146. The quantitative estimate of drug-likeness (QED) is 0.753. The number of ether oxygens (including phenoxy) is 1. The molecule has 0 spiro atoms. The van der Waals surface area contributed by atoms with Crippen LogP contribution in [0.1, 0.15) is 5.69 Å². The number of methoxy groups -OCH3 is 1. The third-order valence-electron chi connectivity index (χ3n) is 2.44. The number of dihydropyridines is 1. The van der Waals surface area contributed by atoms with Gasteiger partial charge in [-0.2, -0.15) is 0 Å². The molecular weight excluding hydrogens is 204 g/mol. The Morgan fingerprint density at radius 3 is 2.88 bits per heavy atom. The molecule has 0 aromatic carbocycles. The molecule has 1 N–H and O–H groups in total. The van der Waals surface area contributed by atoms with Crippen LogP contribution in [0.15, 0.2) is 48.8 Å². The smallest absolute Gasteiger partial charge is 0.341 e. The summed E-state index contributed by atoms with van der Waals surface area (Å²) >= 11 is 0. The van der Waals surface area contributed by atoms with Crippen molar-refractivity contribution in [3.63, 3.8) is 0 Å². The van der Waals surface area contributed by atoms with Gasteiger partial charge in [0, 0.05) is 6.20 Å². The van der Waals surface area contributed by atoms with Gasteiger partial charge in [0.25, 0.3) is 0 Å². The van der Waals surface area contributed by atoms with Crippen molar-refractivity contribution in [3.8, 4) is 0 Å². The van der Waals surface area contributed by atoms with Crippen molar-refractivity contribution in [1.29, 1.82) is 0 Å². The maximum absolute atomic E-state index is 11.9. The number of carbonyl (C=O) groups is 1. The molecule has 0 bridgehead atoms. The molecule has 1 unspecified atom stereocenters. The van der Waals surface area contributed by atoms with Crippen LogP contribution >= 0.6 is 0 Å². The minimum Gasteiger partial charge on any atom is -0.467 e. The van der Waals surface area contributed by atoms with Gasteiger partial charge in [0.1, 0.15) is 0 Å². The molecule has 0 saturated carbocycles. The predicted octanol–water partition coefficient (Wildman–Crippen LogP) is 1.12. The first kappa shape index (κ1) is 10.4. The fourth-order valence-electron chi connectivity index (χ4n) is 1.63. The van der Waals surface area contributed by atoms with Crippen LogP contribution in [0.25, 0.3) is 0 Å². The van der Waals surface area contributed by atoms with Crippen LogP contribution in [0.2, 0.25) is 0 Å². The molecule has 2 rings (SSSR count). The number of esters is 1. The highest BCUT2D eigenvalue weighted by Crippen LogP contribution is 2.24. The van der Waals surface area contributed by atoms with Crippen LogP contribution in [0.5, 0.6) is 0 Å². The lowest BCUT2D eigenvalue weighted by atomic mass is 9.92. The Balaban J connectivity index is 2.47. The van der Waals surface area contributed by atoms with Gasteiger partial charge in [0.05, 0.1) is 12.8 Å². The van der Waals surface area contributed by atoms with Gasteiger partial charge in [-0.05, 0) is 30.5 Å². The zero-order chi connectivity index (χ0) is 11.4. The van der Waals surface area contributed by atoms with E-state index in [1.807, 2.05) is 12.1 Å². The molecule has 1 aromatic rings. The number of aromatic nitrogens is 1. The molecule has 0 fully saturated rings. The molecule has 4 heteroatoms. The van der Waals surface area contributed by atoms with Gasteiger partial charge in [0.2, 0.25) is 0 Å².